The number of likely N-dealkylation sites (N-methyl/N-ethyl adjacent to an activating group) is 1. The molecule has 0 N–H and O–H groups in total. The molecule has 4 aromatic rings. The van der Waals surface area contributed by atoms with Crippen molar-refractivity contribution in [1.82, 2.24) is 24.0 Å². The first-order valence-corrected chi connectivity index (χ1v) is 11.0. The summed E-state index contributed by atoms with van der Waals surface area (Å²) in [6, 6.07) is 14.5. The Balaban J connectivity index is 1.65. The van der Waals surface area contributed by atoms with Crippen molar-refractivity contribution in [2.45, 2.75) is 13.5 Å². The lowest BCUT2D eigenvalue weighted by Crippen LogP contribution is -2.44. The highest BCUT2D eigenvalue weighted by molar-refractivity contribution is 5.82. The Morgan fingerprint density at radius 1 is 1.00 bits per heavy atom. The maximum absolute atomic E-state index is 12.3. The lowest BCUT2D eigenvalue weighted by Gasteiger charge is -2.33. The van der Waals surface area contributed by atoms with E-state index in [1.165, 1.54) is 5.56 Å². The zero-order valence-corrected chi connectivity index (χ0v) is 18.8. The second kappa shape index (κ2) is 8.24. The monoisotopic (exact) mass is 428 g/mol. The predicted octanol–water partition coefficient (Wildman–Crippen LogP) is 2.91. The van der Waals surface area contributed by atoms with E-state index in [0.717, 1.165) is 54.4 Å². The Morgan fingerprint density at radius 3 is 2.47 bits per heavy atom. The van der Waals surface area contributed by atoms with E-state index in [1.54, 1.807) is 11.6 Å². The predicted molar refractivity (Wildman–Crippen MR) is 128 cm³/mol. The van der Waals surface area contributed by atoms with Gasteiger partial charge in [0.2, 0.25) is 0 Å². The lowest BCUT2D eigenvalue weighted by atomic mass is 10.2. The largest absolute Gasteiger partial charge is 0.354 e. The number of aromatic nitrogens is 4. The molecule has 7 nitrogen and oxygen atoms in total. The van der Waals surface area contributed by atoms with Gasteiger partial charge >= 0.3 is 0 Å². The Kier molecular flexibility index (Phi) is 5.27. The summed E-state index contributed by atoms with van der Waals surface area (Å²) in [5, 5.41) is 0. The van der Waals surface area contributed by atoms with Gasteiger partial charge < -0.3 is 18.9 Å². The standard InChI is InChI=1S/C25H28N6O/c1-18-13-20(17-29(3)25(18)32)24-27-21-15-26-23(30-11-9-28(2)10-12-30)14-22(21)31(24)16-19-7-5-4-6-8-19/h4-8,13-15,17H,9-12,16H2,1-3H3. The molecule has 1 aliphatic heterocycles. The molecule has 32 heavy (non-hydrogen) atoms. The highest BCUT2D eigenvalue weighted by Gasteiger charge is 2.19. The van der Waals surface area contributed by atoms with Crippen LogP contribution >= 0.6 is 0 Å². The van der Waals surface area contributed by atoms with Crippen LogP contribution in [0.25, 0.3) is 22.4 Å². The zero-order chi connectivity index (χ0) is 22.2. The summed E-state index contributed by atoms with van der Waals surface area (Å²) in [6.07, 6.45) is 3.75. The number of hydrogen-bond acceptors (Lipinski definition) is 5. The van der Waals surface area contributed by atoms with Gasteiger partial charge in [-0.05, 0) is 25.6 Å². The molecule has 0 bridgehead atoms. The molecule has 0 spiro atoms. The summed E-state index contributed by atoms with van der Waals surface area (Å²) in [4.78, 5) is 26.6. The fraction of sp³-hybridized carbons (Fsp3) is 0.320. The van der Waals surface area contributed by atoms with Crippen LogP contribution < -0.4 is 10.5 Å². The van der Waals surface area contributed by atoms with Gasteiger partial charge in [-0.15, -0.1) is 0 Å². The quantitative estimate of drug-likeness (QED) is 0.500. The van der Waals surface area contributed by atoms with Gasteiger partial charge in [-0.25, -0.2) is 9.97 Å². The summed E-state index contributed by atoms with van der Waals surface area (Å²) in [6.45, 7) is 6.55. The number of pyridine rings is 2. The maximum Gasteiger partial charge on any atom is 0.253 e. The molecule has 0 amide bonds. The van der Waals surface area contributed by atoms with Crippen molar-refractivity contribution in [3.8, 4) is 11.4 Å². The van der Waals surface area contributed by atoms with Crippen LogP contribution in [-0.2, 0) is 13.6 Å². The van der Waals surface area contributed by atoms with Crippen LogP contribution in [0.4, 0.5) is 5.82 Å². The number of piperazine rings is 1. The average Bonchev–Trinajstić information content (AvgIpc) is 3.16. The molecule has 3 aromatic heterocycles. The van der Waals surface area contributed by atoms with E-state index in [0.29, 0.717) is 12.1 Å². The number of hydrogen-bond donors (Lipinski definition) is 0. The Bertz CT molecular complexity index is 1290. The molecule has 0 saturated carbocycles. The molecule has 0 unspecified atom stereocenters. The van der Waals surface area contributed by atoms with Crippen LogP contribution in [0.15, 0.2) is 59.7 Å². The molecule has 0 aliphatic carbocycles. The first-order valence-electron chi connectivity index (χ1n) is 11.0. The van der Waals surface area contributed by atoms with E-state index in [2.05, 4.69) is 51.7 Å². The van der Waals surface area contributed by atoms with Crippen molar-refractivity contribution in [1.29, 1.82) is 0 Å². The highest BCUT2D eigenvalue weighted by atomic mass is 16.1. The van der Waals surface area contributed by atoms with Crippen LogP contribution in [0.3, 0.4) is 0 Å². The maximum atomic E-state index is 12.3. The normalized spacial score (nSPS) is 14.9. The lowest BCUT2D eigenvalue weighted by molar-refractivity contribution is 0.312. The van der Waals surface area contributed by atoms with E-state index < -0.39 is 0 Å². The smallest absolute Gasteiger partial charge is 0.253 e. The summed E-state index contributed by atoms with van der Waals surface area (Å²) in [5.74, 6) is 1.84. The molecule has 1 saturated heterocycles. The fourth-order valence-corrected chi connectivity index (χ4v) is 4.37. The molecule has 1 aliphatic rings. The molecule has 1 aromatic carbocycles. The molecule has 7 heteroatoms. The van der Waals surface area contributed by atoms with Crippen molar-refractivity contribution in [2.24, 2.45) is 7.05 Å². The molecular formula is C25H28N6O. The number of anilines is 1. The minimum atomic E-state index is 0.0125. The van der Waals surface area contributed by atoms with Gasteiger partial charge in [0.05, 0.1) is 11.7 Å². The average molecular weight is 429 g/mol. The van der Waals surface area contributed by atoms with E-state index in [4.69, 9.17) is 9.97 Å². The number of benzene rings is 1. The first-order chi connectivity index (χ1) is 15.5. The summed E-state index contributed by atoms with van der Waals surface area (Å²) >= 11 is 0. The number of fused-ring (bicyclic) bond motifs is 1. The van der Waals surface area contributed by atoms with E-state index in [-0.39, 0.29) is 5.56 Å². The number of nitrogens with zero attached hydrogens (tertiary/aromatic N) is 6. The van der Waals surface area contributed by atoms with Crippen LogP contribution in [0.1, 0.15) is 11.1 Å². The van der Waals surface area contributed by atoms with Gasteiger partial charge in [-0.3, -0.25) is 4.79 Å². The second-order valence-electron chi connectivity index (χ2n) is 8.66. The van der Waals surface area contributed by atoms with Gasteiger partial charge in [0, 0.05) is 63.2 Å². The van der Waals surface area contributed by atoms with Crippen molar-refractivity contribution >= 4 is 16.9 Å². The van der Waals surface area contributed by atoms with Gasteiger partial charge in [-0.2, -0.15) is 0 Å². The van der Waals surface area contributed by atoms with Crippen molar-refractivity contribution in [3.63, 3.8) is 0 Å². The van der Waals surface area contributed by atoms with Crippen LogP contribution in [0, 0.1) is 6.92 Å². The zero-order valence-electron chi connectivity index (χ0n) is 18.8. The first kappa shape index (κ1) is 20.5. The molecule has 1 fully saturated rings. The highest BCUT2D eigenvalue weighted by Crippen LogP contribution is 2.28. The third-order valence-electron chi connectivity index (χ3n) is 6.25. The fourth-order valence-electron chi connectivity index (χ4n) is 4.37. The van der Waals surface area contributed by atoms with Crippen LogP contribution in [-0.4, -0.2) is 57.2 Å². The van der Waals surface area contributed by atoms with E-state index in [1.807, 2.05) is 31.5 Å². The molecule has 4 heterocycles. The molecular weight excluding hydrogens is 400 g/mol. The molecule has 164 valence electrons. The molecule has 0 radical (unpaired) electrons. The van der Waals surface area contributed by atoms with Gasteiger partial charge in [0.25, 0.3) is 5.56 Å². The van der Waals surface area contributed by atoms with Gasteiger partial charge in [0.1, 0.15) is 17.2 Å². The van der Waals surface area contributed by atoms with Gasteiger partial charge in [0.15, 0.2) is 0 Å². The van der Waals surface area contributed by atoms with Crippen LogP contribution in [0.2, 0.25) is 0 Å². The van der Waals surface area contributed by atoms with Gasteiger partial charge in [-0.1, -0.05) is 30.3 Å². The summed E-state index contributed by atoms with van der Waals surface area (Å²) in [7, 11) is 3.94. The third kappa shape index (κ3) is 3.80. The minimum Gasteiger partial charge on any atom is -0.354 e. The van der Waals surface area contributed by atoms with Crippen molar-refractivity contribution < 1.29 is 0 Å². The van der Waals surface area contributed by atoms with Crippen LogP contribution in [0.5, 0.6) is 0 Å². The summed E-state index contributed by atoms with van der Waals surface area (Å²) in [5.41, 5.74) is 4.77. The van der Waals surface area contributed by atoms with E-state index in [9.17, 15) is 4.79 Å². The number of rotatable bonds is 4. The molecule has 5 rings (SSSR count). The Labute approximate surface area is 187 Å². The second-order valence-corrected chi connectivity index (χ2v) is 8.66. The van der Waals surface area contributed by atoms with Crippen molar-refractivity contribution in [3.05, 3.63) is 76.3 Å². The minimum absolute atomic E-state index is 0.0125. The SMILES string of the molecule is Cc1cc(-c2nc3cnc(N4CCN(C)CC4)cc3n2Cc2ccccc2)cn(C)c1=O. The molecule has 0 atom stereocenters. The topological polar surface area (TPSA) is 59.2 Å². The summed E-state index contributed by atoms with van der Waals surface area (Å²) < 4.78 is 3.87. The van der Waals surface area contributed by atoms with E-state index >= 15 is 0 Å². The Morgan fingerprint density at radius 2 is 1.75 bits per heavy atom. The number of aryl methyl sites for hydroxylation is 2. The third-order valence-corrected chi connectivity index (χ3v) is 6.25. The van der Waals surface area contributed by atoms with Crippen molar-refractivity contribution in [2.75, 3.05) is 38.1 Å². The number of imidazole rings is 1. The Hall–Kier alpha value is -3.45.